The lowest BCUT2D eigenvalue weighted by Gasteiger charge is -2.26. The van der Waals surface area contributed by atoms with Gasteiger partial charge in [0.25, 0.3) is 0 Å². The van der Waals surface area contributed by atoms with E-state index >= 15 is 0 Å². The molecule has 234 valence electrons. The largest absolute Gasteiger partial charge is 0.417 e. The molecule has 1 aromatic heterocycles. The zero-order chi connectivity index (χ0) is 28.8. The van der Waals surface area contributed by atoms with Crippen LogP contribution in [0.4, 0.5) is 16.3 Å². The molecular formula is C32H50N4O5S. The molecule has 10 heteroatoms. The molecule has 2 fully saturated rings. The van der Waals surface area contributed by atoms with Gasteiger partial charge in [-0.2, -0.15) is 0 Å². The number of carbonyl (C=O) groups excluding carboxylic acids is 1. The zero-order valence-electron chi connectivity index (χ0n) is 25.0. The Hall–Kier alpha value is -3.18. The number of benzene rings is 1. The SMILES string of the molecule is C=C.CC.O.O.O=C(Nc1ccc(-c2nc(NCCO)cc(C3(SC4CCCCC4)CC3)n2)cc1)OC1=CCCC=C1.[HH]. The van der Waals surface area contributed by atoms with Crippen LogP contribution in [0.3, 0.4) is 0 Å². The van der Waals surface area contributed by atoms with Crippen LogP contribution in [0.1, 0.15) is 78.8 Å². The number of anilines is 2. The molecule has 1 heterocycles. The second kappa shape index (κ2) is 19.1. The Morgan fingerprint density at radius 1 is 1.10 bits per heavy atom. The minimum Gasteiger partial charge on any atom is -0.412 e. The van der Waals surface area contributed by atoms with Gasteiger partial charge >= 0.3 is 6.09 Å². The van der Waals surface area contributed by atoms with Gasteiger partial charge in [-0.3, -0.25) is 5.32 Å². The maximum Gasteiger partial charge on any atom is 0.417 e. The predicted molar refractivity (Wildman–Crippen MR) is 177 cm³/mol. The minimum absolute atomic E-state index is 0. The lowest BCUT2D eigenvalue weighted by atomic mass is 10.0. The van der Waals surface area contributed by atoms with E-state index in [1.807, 2.05) is 56.3 Å². The summed E-state index contributed by atoms with van der Waals surface area (Å²) in [6.45, 7) is 10.5. The summed E-state index contributed by atoms with van der Waals surface area (Å²) in [4.78, 5) is 22.0. The first kappa shape index (κ1) is 36.8. The third kappa shape index (κ3) is 10.6. The van der Waals surface area contributed by atoms with Crippen molar-refractivity contribution in [3.8, 4) is 11.4 Å². The van der Waals surface area contributed by atoms with Gasteiger partial charge < -0.3 is 26.1 Å². The molecule has 1 amide bonds. The number of thioether (sulfide) groups is 1. The number of aliphatic hydroxyl groups is 1. The molecule has 3 aliphatic carbocycles. The number of aromatic nitrogens is 2. The number of hydrogen-bond acceptors (Lipinski definition) is 7. The van der Waals surface area contributed by atoms with E-state index in [9.17, 15) is 9.90 Å². The Bertz CT molecular complexity index is 1150. The highest BCUT2D eigenvalue weighted by atomic mass is 32.2. The van der Waals surface area contributed by atoms with Crippen LogP contribution in [0.5, 0.6) is 0 Å². The van der Waals surface area contributed by atoms with Gasteiger partial charge in [0.2, 0.25) is 0 Å². The van der Waals surface area contributed by atoms with E-state index in [-0.39, 0.29) is 23.7 Å². The van der Waals surface area contributed by atoms with Gasteiger partial charge in [0, 0.05) is 30.5 Å². The molecule has 0 aliphatic heterocycles. The summed E-state index contributed by atoms with van der Waals surface area (Å²) in [6.07, 6.45) is 15.9. The number of amides is 1. The maximum atomic E-state index is 12.2. The van der Waals surface area contributed by atoms with Crippen molar-refractivity contribution in [1.29, 1.82) is 0 Å². The molecule has 3 aliphatic rings. The van der Waals surface area contributed by atoms with Gasteiger partial charge in [0.15, 0.2) is 5.82 Å². The van der Waals surface area contributed by atoms with Gasteiger partial charge in [0.05, 0.1) is 17.0 Å². The van der Waals surface area contributed by atoms with Crippen LogP contribution in [-0.2, 0) is 9.48 Å². The number of hydrogen-bond donors (Lipinski definition) is 3. The number of rotatable bonds is 9. The number of carbonyl (C=O) groups is 1. The Labute approximate surface area is 256 Å². The highest BCUT2D eigenvalue weighted by Gasteiger charge is 2.48. The summed E-state index contributed by atoms with van der Waals surface area (Å²) >= 11 is 2.11. The van der Waals surface area contributed by atoms with Gasteiger partial charge in [-0.25, -0.2) is 14.8 Å². The van der Waals surface area contributed by atoms with E-state index in [2.05, 4.69) is 41.6 Å². The van der Waals surface area contributed by atoms with E-state index in [4.69, 9.17) is 14.7 Å². The summed E-state index contributed by atoms with van der Waals surface area (Å²) in [5.41, 5.74) is 2.59. The second-order valence-corrected chi connectivity index (χ2v) is 11.3. The van der Waals surface area contributed by atoms with Gasteiger partial charge in [-0.15, -0.1) is 24.9 Å². The summed E-state index contributed by atoms with van der Waals surface area (Å²) in [5.74, 6) is 1.96. The fraction of sp³-hybridized carbons (Fsp3) is 0.469. The van der Waals surface area contributed by atoms with Crippen LogP contribution in [0.2, 0.25) is 0 Å². The molecule has 0 saturated heterocycles. The molecule has 9 nitrogen and oxygen atoms in total. The monoisotopic (exact) mass is 602 g/mol. The van der Waals surface area contributed by atoms with Crippen molar-refractivity contribution in [3.63, 3.8) is 0 Å². The third-order valence-electron chi connectivity index (χ3n) is 6.82. The highest BCUT2D eigenvalue weighted by molar-refractivity contribution is 8.01. The normalized spacial score (nSPS) is 16.4. The van der Waals surface area contributed by atoms with Gasteiger partial charge in [-0.1, -0.05) is 39.2 Å². The molecule has 1 aromatic carbocycles. The molecule has 42 heavy (non-hydrogen) atoms. The van der Waals surface area contributed by atoms with E-state index in [1.54, 1.807) is 0 Å². The first-order valence-corrected chi connectivity index (χ1v) is 15.4. The highest BCUT2D eigenvalue weighted by Crippen LogP contribution is 2.59. The summed E-state index contributed by atoms with van der Waals surface area (Å²) < 4.78 is 5.43. The Morgan fingerprint density at radius 2 is 1.79 bits per heavy atom. The van der Waals surface area contributed by atoms with Crippen molar-refractivity contribution < 1.29 is 27.0 Å². The number of allylic oxidation sites excluding steroid dienone is 3. The Kier molecular flexibility index (Phi) is 16.8. The summed E-state index contributed by atoms with van der Waals surface area (Å²) in [6, 6.07) is 9.56. The average Bonchev–Trinajstić information content (AvgIpc) is 3.80. The molecule has 0 bridgehead atoms. The van der Waals surface area contributed by atoms with Crippen LogP contribution in [0, 0.1) is 0 Å². The van der Waals surface area contributed by atoms with Crippen molar-refractivity contribution in [2.75, 3.05) is 23.8 Å². The lowest BCUT2D eigenvalue weighted by Crippen LogP contribution is -2.17. The van der Waals surface area contributed by atoms with Crippen LogP contribution in [0.15, 0.2) is 67.5 Å². The molecule has 2 saturated carbocycles. The molecule has 5 rings (SSSR count). The van der Waals surface area contributed by atoms with E-state index in [1.165, 1.54) is 32.1 Å². The minimum atomic E-state index is -0.510. The van der Waals surface area contributed by atoms with E-state index in [0.29, 0.717) is 29.1 Å². The van der Waals surface area contributed by atoms with Gasteiger partial charge in [0.1, 0.15) is 11.6 Å². The molecule has 2 aromatic rings. The molecule has 0 radical (unpaired) electrons. The van der Waals surface area contributed by atoms with Crippen molar-refractivity contribution >= 4 is 29.4 Å². The first-order valence-electron chi connectivity index (χ1n) is 14.5. The number of nitrogens with zero attached hydrogens (tertiary/aromatic N) is 2. The van der Waals surface area contributed by atoms with E-state index < -0.39 is 6.09 Å². The topological polar surface area (TPSA) is 159 Å². The molecule has 0 spiro atoms. The summed E-state index contributed by atoms with van der Waals surface area (Å²) in [5, 5.41) is 16.0. The predicted octanol–water partition coefficient (Wildman–Crippen LogP) is 6.81. The van der Waals surface area contributed by atoms with Crippen LogP contribution in [0.25, 0.3) is 11.4 Å². The van der Waals surface area contributed by atoms with Crippen molar-refractivity contribution in [1.82, 2.24) is 9.97 Å². The molecule has 0 atom stereocenters. The van der Waals surface area contributed by atoms with Crippen LogP contribution >= 0.6 is 11.8 Å². The fourth-order valence-corrected chi connectivity index (χ4v) is 6.52. The fourth-order valence-electron chi connectivity index (χ4n) is 4.75. The number of nitrogens with one attached hydrogen (secondary N) is 2. The van der Waals surface area contributed by atoms with Crippen LogP contribution < -0.4 is 10.6 Å². The summed E-state index contributed by atoms with van der Waals surface area (Å²) in [7, 11) is 0. The van der Waals surface area contributed by atoms with Crippen molar-refractivity contribution in [2.45, 2.75) is 81.6 Å². The van der Waals surface area contributed by atoms with Crippen LogP contribution in [-0.4, -0.2) is 50.5 Å². The van der Waals surface area contributed by atoms with Crippen molar-refractivity contribution in [3.05, 3.63) is 73.2 Å². The third-order valence-corrected chi connectivity index (χ3v) is 8.69. The number of aliphatic hydroxyl groups excluding tert-OH is 1. The quantitative estimate of drug-likeness (QED) is 0.266. The average molecular weight is 603 g/mol. The zero-order valence-corrected chi connectivity index (χ0v) is 25.8. The maximum absolute atomic E-state index is 12.2. The second-order valence-electron chi connectivity index (χ2n) is 9.66. The molecular weight excluding hydrogens is 552 g/mol. The Balaban J connectivity index is 0.00000242. The number of ether oxygens (including phenoxy) is 1. The van der Waals surface area contributed by atoms with E-state index in [0.717, 1.165) is 42.8 Å². The standard InChI is InChI=1S/C28H34N4O3S.C2H6.C2H4.2H2O.H2/c33-18-17-29-25-19-24(28(15-16-28)36-23-9-5-2-6-10-23)31-26(32-25)20-11-13-21(14-12-20)30-27(34)35-22-7-3-1-4-8-22;2*1-2;;;/h3,7-8,11-14,19,23,33H,1-2,4-6,9-10,15-18H2,(H,30,34)(H,29,31,32);1-2H3;1-2H2;2*1H2;1H. The van der Waals surface area contributed by atoms with Gasteiger partial charge in [-0.05, 0) is 74.9 Å². The Morgan fingerprint density at radius 3 is 2.38 bits per heavy atom. The lowest BCUT2D eigenvalue weighted by molar-refractivity contribution is 0.194. The molecule has 7 N–H and O–H groups in total. The van der Waals surface area contributed by atoms with Crippen molar-refractivity contribution in [2.24, 2.45) is 0 Å². The molecule has 0 unspecified atom stereocenters. The first-order chi connectivity index (χ1) is 19.6. The smallest absolute Gasteiger partial charge is 0.412 e.